The van der Waals surface area contributed by atoms with E-state index >= 15 is 0 Å². The summed E-state index contributed by atoms with van der Waals surface area (Å²) in [4.78, 5) is 2.57. The van der Waals surface area contributed by atoms with Crippen molar-refractivity contribution in [1.29, 1.82) is 0 Å². The summed E-state index contributed by atoms with van der Waals surface area (Å²) >= 11 is 0. The molecule has 2 nitrogen and oxygen atoms in total. The molecule has 0 radical (unpaired) electrons. The molecule has 108 valence electrons. The van der Waals surface area contributed by atoms with Crippen molar-refractivity contribution in [3.63, 3.8) is 0 Å². The summed E-state index contributed by atoms with van der Waals surface area (Å²) < 4.78 is 0. The zero-order chi connectivity index (χ0) is 13.6. The van der Waals surface area contributed by atoms with Crippen LogP contribution in [0.5, 0.6) is 0 Å². The lowest BCUT2D eigenvalue weighted by Crippen LogP contribution is -2.44. The van der Waals surface area contributed by atoms with Gasteiger partial charge in [-0.25, -0.2) is 0 Å². The van der Waals surface area contributed by atoms with Gasteiger partial charge in [-0.2, -0.15) is 0 Å². The molecule has 18 heavy (non-hydrogen) atoms. The molecule has 0 bridgehead atoms. The summed E-state index contributed by atoms with van der Waals surface area (Å²) in [5.74, 6) is 0.760. The third kappa shape index (κ3) is 4.89. The van der Waals surface area contributed by atoms with Gasteiger partial charge < -0.3 is 10.2 Å². The Morgan fingerprint density at radius 2 is 1.78 bits per heavy atom. The van der Waals surface area contributed by atoms with Crippen LogP contribution in [0.15, 0.2) is 0 Å². The number of nitrogens with zero attached hydrogens (tertiary/aromatic N) is 1. The van der Waals surface area contributed by atoms with Crippen molar-refractivity contribution in [3.8, 4) is 0 Å². The molecule has 0 aromatic heterocycles. The van der Waals surface area contributed by atoms with Crippen molar-refractivity contribution in [2.75, 3.05) is 26.7 Å². The van der Waals surface area contributed by atoms with Gasteiger partial charge in [-0.1, -0.05) is 33.6 Å². The van der Waals surface area contributed by atoms with Crippen LogP contribution in [0.1, 0.15) is 59.8 Å². The lowest BCUT2D eigenvalue weighted by molar-refractivity contribution is 0.138. The maximum absolute atomic E-state index is 3.70. The molecule has 1 N–H and O–H groups in total. The van der Waals surface area contributed by atoms with Crippen LogP contribution in [0, 0.1) is 11.3 Å². The Kier molecular flexibility index (Phi) is 6.65. The van der Waals surface area contributed by atoms with Gasteiger partial charge in [-0.05, 0) is 51.1 Å². The summed E-state index contributed by atoms with van der Waals surface area (Å²) in [5, 5.41) is 3.70. The first-order valence-corrected chi connectivity index (χ1v) is 7.90. The van der Waals surface area contributed by atoms with E-state index in [0.29, 0.717) is 11.5 Å². The van der Waals surface area contributed by atoms with E-state index in [1.54, 1.807) is 0 Å². The third-order valence-corrected chi connectivity index (χ3v) is 4.64. The molecule has 0 aromatic rings. The highest BCUT2D eigenvalue weighted by molar-refractivity contribution is 4.89. The first kappa shape index (κ1) is 16.0. The highest BCUT2D eigenvalue weighted by Gasteiger charge is 2.35. The van der Waals surface area contributed by atoms with E-state index in [-0.39, 0.29) is 0 Å². The molecule has 1 atom stereocenters. The molecule has 1 aliphatic rings. The second kappa shape index (κ2) is 7.49. The zero-order valence-corrected chi connectivity index (χ0v) is 13.3. The van der Waals surface area contributed by atoms with E-state index in [1.807, 2.05) is 0 Å². The molecule has 1 rings (SSSR count). The molecular formula is C16H34N2. The Bertz CT molecular complexity index is 219. The predicted molar refractivity (Wildman–Crippen MR) is 81.0 cm³/mol. The van der Waals surface area contributed by atoms with Crippen LogP contribution >= 0.6 is 0 Å². The van der Waals surface area contributed by atoms with Crippen LogP contribution in [0.25, 0.3) is 0 Å². The van der Waals surface area contributed by atoms with Crippen LogP contribution in [0.3, 0.4) is 0 Å². The molecule has 1 aliphatic carbocycles. The number of nitrogens with one attached hydrogen (secondary N) is 1. The molecule has 0 heterocycles. The van der Waals surface area contributed by atoms with Crippen molar-refractivity contribution in [1.82, 2.24) is 10.2 Å². The largest absolute Gasteiger partial charge is 0.316 e. The fourth-order valence-corrected chi connectivity index (χ4v) is 3.14. The molecule has 1 fully saturated rings. The van der Waals surface area contributed by atoms with Gasteiger partial charge in [0.25, 0.3) is 0 Å². The predicted octanol–water partition coefficient (Wildman–Crippen LogP) is 3.52. The van der Waals surface area contributed by atoms with E-state index in [0.717, 1.165) is 12.5 Å². The van der Waals surface area contributed by atoms with E-state index in [4.69, 9.17) is 0 Å². The van der Waals surface area contributed by atoms with Crippen molar-refractivity contribution in [2.24, 2.45) is 11.3 Å². The lowest BCUT2D eigenvalue weighted by atomic mass is 9.85. The summed E-state index contributed by atoms with van der Waals surface area (Å²) in [6, 6.07) is 0.715. The number of hydrogen-bond donors (Lipinski definition) is 1. The van der Waals surface area contributed by atoms with E-state index in [2.05, 4.69) is 45.0 Å². The highest BCUT2D eigenvalue weighted by Crippen LogP contribution is 2.38. The summed E-state index contributed by atoms with van der Waals surface area (Å²) in [5.41, 5.74) is 0.549. The second-order valence-electron chi connectivity index (χ2n) is 6.90. The van der Waals surface area contributed by atoms with Crippen LogP contribution in [-0.2, 0) is 0 Å². The quantitative estimate of drug-likeness (QED) is 0.713. The summed E-state index contributed by atoms with van der Waals surface area (Å²) in [7, 11) is 2.30. The van der Waals surface area contributed by atoms with Crippen LogP contribution in [0.4, 0.5) is 0 Å². The minimum absolute atomic E-state index is 0.549. The molecule has 0 aromatic carbocycles. The van der Waals surface area contributed by atoms with E-state index in [1.165, 1.54) is 45.2 Å². The Morgan fingerprint density at radius 1 is 1.17 bits per heavy atom. The molecule has 1 saturated carbocycles. The molecule has 0 saturated heterocycles. The van der Waals surface area contributed by atoms with Crippen LogP contribution in [-0.4, -0.2) is 37.6 Å². The van der Waals surface area contributed by atoms with Gasteiger partial charge in [0.15, 0.2) is 0 Å². The van der Waals surface area contributed by atoms with Gasteiger partial charge in [0.2, 0.25) is 0 Å². The highest BCUT2D eigenvalue weighted by atomic mass is 15.1. The molecule has 0 amide bonds. The molecule has 1 unspecified atom stereocenters. The smallest absolute Gasteiger partial charge is 0.00614 e. The topological polar surface area (TPSA) is 15.3 Å². The normalized spacial score (nSPS) is 20.8. The molecular weight excluding hydrogens is 220 g/mol. The Morgan fingerprint density at radius 3 is 2.28 bits per heavy atom. The van der Waals surface area contributed by atoms with Gasteiger partial charge >= 0.3 is 0 Å². The average Bonchev–Trinajstić information content (AvgIpc) is 2.76. The van der Waals surface area contributed by atoms with Gasteiger partial charge in [0.1, 0.15) is 0 Å². The van der Waals surface area contributed by atoms with E-state index in [9.17, 15) is 0 Å². The third-order valence-electron chi connectivity index (χ3n) is 4.64. The van der Waals surface area contributed by atoms with Gasteiger partial charge in [-0.15, -0.1) is 0 Å². The Labute approximate surface area is 115 Å². The van der Waals surface area contributed by atoms with E-state index < -0.39 is 0 Å². The second-order valence-corrected chi connectivity index (χ2v) is 6.90. The van der Waals surface area contributed by atoms with Gasteiger partial charge in [0.05, 0.1) is 0 Å². The molecule has 0 spiro atoms. The van der Waals surface area contributed by atoms with Crippen LogP contribution < -0.4 is 5.32 Å². The Hall–Kier alpha value is -0.0800. The first-order chi connectivity index (χ1) is 8.49. The lowest BCUT2D eigenvalue weighted by Gasteiger charge is -2.36. The minimum Gasteiger partial charge on any atom is -0.316 e. The minimum atomic E-state index is 0.549. The van der Waals surface area contributed by atoms with Crippen molar-refractivity contribution < 1.29 is 0 Å². The van der Waals surface area contributed by atoms with Crippen molar-refractivity contribution in [3.05, 3.63) is 0 Å². The zero-order valence-electron chi connectivity index (χ0n) is 13.3. The van der Waals surface area contributed by atoms with Crippen molar-refractivity contribution >= 4 is 0 Å². The van der Waals surface area contributed by atoms with Gasteiger partial charge in [0, 0.05) is 19.1 Å². The number of hydrogen-bond acceptors (Lipinski definition) is 2. The summed E-state index contributed by atoms with van der Waals surface area (Å²) in [6.45, 7) is 12.9. The maximum Gasteiger partial charge on any atom is 0.00614 e. The monoisotopic (exact) mass is 254 g/mol. The fraction of sp³-hybridized carbons (Fsp3) is 1.00. The fourth-order valence-electron chi connectivity index (χ4n) is 3.14. The van der Waals surface area contributed by atoms with Crippen LogP contribution in [0.2, 0.25) is 0 Å². The number of rotatable bonds is 8. The molecule has 2 heteroatoms. The SMILES string of the molecule is CCC(C)N(C)CC1(CNCC(C)C)CCCC1. The molecule has 0 aliphatic heterocycles. The first-order valence-electron chi connectivity index (χ1n) is 7.90. The average molecular weight is 254 g/mol. The summed E-state index contributed by atoms with van der Waals surface area (Å²) in [6.07, 6.45) is 6.94. The Balaban J connectivity index is 2.47. The van der Waals surface area contributed by atoms with Gasteiger partial charge in [-0.3, -0.25) is 0 Å². The maximum atomic E-state index is 3.70. The standard InChI is InChI=1S/C16H34N2/c1-6-15(4)18(5)13-16(9-7-8-10-16)12-17-11-14(2)3/h14-15,17H,6-13H2,1-5H3. The van der Waals surface area contributed by atoms with Crippen molar-refractivity contribution in [2.45, 2.75) is 65.8 Å².